The van der Waals surface area contributed by atoms with Gasteiger partial charge in [0.25, 0.3) is 0 Å². The number of methoxy groups -OCH3 is 1. The highest BCUT2D eigenvalue weighted by Gasteiger charge is 3.01. The van der Waals surface area contributed by atoms with E-state index in [0.29, 0.717) is 11.8 Å². The normalized spacial score (nSPS) is 33.4. The number of carbonyl (C=O) groups is 1. The maximum atomic E-state index is 13.0. The second-order valence-electron chi connectivity index (χ2n) is 7.61. The van der Waals surface area contributed by atoms with Gasteiger partial charge in [0.1, 0.15) is 5.75 Å². The summed E-state index contributed by atoms with van der Waals surface area (Å²) in [5, 5.41) is 4.22. The van der Waals surface area contributed by atoms with Crippen molar-refractivity contribution >= 4 is 12.1 Å². The van der Waals surface area contributed by atoms with Crippen LogP contribution in [0.15, 0.2) is 59.7 Å². The molecule has 1 amide bonds. The van der Waals surface area contributed by atoms with E-state index in [0.717, 1.165) is 24.2 Å². The summed E-state index contributed by atoms with van der Waals surface area (Å²) in [5.74, 6) is 1.89. The molecule has 132 valence electrons. The maximum absolute atomic E-state index is 13.0. The molecule has 1 N–H and O–H groups in total. The summed E-state index contributed by atoms with van der Waals surface area (Å²) in [6.07, 6.45) is 5.24. The van der Waals surface area contributed by atoms with Gasteiger partial charge in [-0.15, -0.1) is 0 Å². The molecule has 0 radical (unpaired) electrons. The first-order valence-electron chi connectivity index (χ1n) is 9.29. The summed E-state index contributed by atoms with van der Waals surface area (Å²) in [5.41, 5.74) is 4.98. The van der Waals surface area contributed by atoms with Crippen LogP contribution in [0.5, 0.6) is 5.75 Å². The Kier molecular flexibility index (Phi) is 3.27. The zero-order valence-electron chi connectivity index (χ0n) is 14.8. The van der Waals surface area contributed by atoms with Gasteiger partial charge in [-0.25, -0.2) is 5.43 Å². The van der Waals surface area contributed by atoms with Gasteiger partial charge in [0.2, 0.25) is 5.91 Å². The predicted molar refractivity (Wildman–Crippen MR) is 100 cm³/mol. The van der Waals surface area contributed by atoms with Crippen molar-refractivity contribution in [3.63, 3.8) is 0 Å². The molecule has 0 aromatic heterocycles. The van der Waals surface area contributed by atoms with Gasteiger partial charge in [-0.05, 0) is 60.1 Å². The molecule has 2 atom stereocenters. The van der Waals surface area contributed by atoms with Crippen LogP contribution < -0.4 is 10.2 Å². The Morgan fingerprint density at radius 1 is 1.12 bits per heavy atom. The van der Waals surface area contributed by atoms with Gasteiger partial charge in [0, 0.05) is 5.41 Å². The molecule has 26 heavy (non-hydrogen) atoms. The molecule has 0 spiro atoms. The van der Waals surface area contributed by atoms with E-state index >= 15 is 0 Å². The second kappa shape index (κ2) is 5.44. The fourth-order valence-corrected chi connectivity index (χ4v) is 5.84. The molecule has 0 bridgehead atoms. The fourth-order valence-electron chi connectivity index (χ4n) is 5.84. The van der Waals surface area contributed by atoms with Crippen molar-refractivity contribution in [1.82, 2.24) is 5.43 Å². The average molecular weight is 346 g/mol. The number of benzene rings is 2. The summed E-state index contributed by atoms with van der Waals surface area (Å²) in [6, 6.07) is 18.2. The summed E-state index contributed by atoms with van der Waals surface area (Å²) in [7, 11) is 1.64. The van der Waals surface area contributed by atoms with Crippen molar-refractivity contribution in [3.05, 3.63) is 65.7 Å². The average Bonchev–Trinajstić information content (AvgIpc) is 3.56. The molecular formula is C22H22N2O2. The Morgan fingerprint density at radius 3 is 2.46 bits per heavy atom. The lowest BCUT2D eigenvalue weighted by molar-refractivity contribution is -0.126. The summed E-state index contributed by atoms with van der Waals surface area (Å²) < 4.78 is 5.15. The van der Waals surface area contributed by atoms with Gasteiger partial charge in [0.15, 0.2) is 0 Å². The van der Waals surface area contributed by atoms with Gasteiger partial charge in [-0.2, -0.15) is 5.10 Å². The molecule has 4 heteroatoms. The van der Waals surface area contributed by atoms with Crippen LogP contribution in [-0.4, -0.2) is 19.2 Å². The molecule has 5 rings (SSSR count). The highest BCUT2D eigenvalue weighted by atomic mass is 16.5. The SMILES string of the molecule is COc1ccc(/C=N\NC(=O)C23C4CCCC2C43c2ccccc2)cc1. The molecule has 2 unspecified atom stereocenters. The molecule has 2 aromatic rings. The largest absolute Gasteiger partial charge is 0.497 e. The molecule has 4 nitrogen and oxygen atoms in total. The minimum absolute atomic E-state index is 0.0895. The van der Waals surface area contributed by atoms with Crippen LogP contribution in [0, 0.1) is 17.3 Å². The lowest BCUT2D eigenvalue weighted by atomic mass is 9.77. The molecule has 0 aliphatic heterocycles. The van der Waals surface area contributed by atoms with E-state index in [-0.39, 0.29) is 16.7 Å². The Bertz CT molecular complexity index is 861. The third-order valence-corrected chi connectivity index (χ3v) is 6.82. The van der Waals surface area contributed by atoms with Crippen LogP contribution in [0.1, 0.15) is 30.4 Å². The zero-order chi connectivity index (χ0) is 17.8. The summed E-state index contributed by atoms with van der Waals surface area (Å²) in [4.78, 5) is 13.0. The number of nitrogens with one attached hydrogen (secondary N) is 1. The molecule has 3 saturated carbocycles. The quantitative estimate of drug-likeness (QED) is 0.665. The van der Waals surface area contributed by atoms with Crippen molar-refractivity contribution in [2.24, 2.45) is 22.4 Å². The number of hydrazone groups is 1. The Hall–Kier alpha value is -2.62. The third kappa shape index (κ3) is 1.79. The van der Waals surface area contributed by atoms with E-state index in [1.165, 1.54) is 12.0 Å². The molecule has 3 aliphatic carbocycles. The number of hydrogen-bond donors (Lipinski definition) is 1. The Labute approximate surface area is 153 Å². The van der Waals surface area contributed by atoms with Crippen LogP contribution >= 0.6 is 0 Å². The maximum Gasteiger partial charge on any atom is 0.247 e. The van der Waals surface area contributed by atoms with Crippen LogP contribution in [0.4, 0.5) is 0 Å². The van der Waals surface area contributed by atoms with Crippen LogP contribution in [0.25, 0.3) is 0 Å². The number of fused-ring (bicyclic) bond motifs is 2. The number of hydrogen-bond acceptors (Lipinski definition) is 3. The van der Waals surface area contributed by atoms with Gasteiger partial charge < -0.3 is 4.74 Å². The van der Waals surface area contributed by atoms with E-state index in [9.17, 15) is 4.79 Å². The molecule has 0 saturated heterocycles. The molecule has 0 heterocycles. The van der Waals surface area contributed by atoms with E-state index in [1.54, 1.807) is 13.3 Å². The molecule has 3 aliphatic rings. The van der Waals surface area contributed by atoms with Crippen molar-refractivity contribution < 1.29 is 9.53 Å². The number of rotatable bonds is 5. The van der Waals surface area contributed by atoms with E-state index in [4.69, 9.17) is 4.74 Å². The monoisotopic (exact) mass is 346 g/mol. The first kappa shape index (κ1) is 15.6. The van der Waals surface area contributed by atoms with Crippen molar-refractivity contribution in [2.75, 3.05) is 7.11 Å². The van der Waals surface area contributed by atoms with E-state index < -0.39 is 0 Å². The first-order chi connectivity index (χ1) is 12.8. The predicted octanol–water partition coefficient (Wildman–Crippen LogP) is 3.51. The zero-order valence-corrected chi connectivity index (χ0v) is 14.8. The first-order valence-corrected chi connectivity index (χ1v) is 9.29. The van der Waals surface area contributed by atoms with Crippen molar-refractivity contribution in [2.45, 2.75) is 24.7 Å². The van der Waals surface area contributed by atoms with Gasteiger partial charge >= 0.3 is 0 Å². The smallest absolute Gasteiger partial charge is 0.247 e. The highest BCUT2D eigenvalue weighted by Crippen LogP contribution is 2.97. The highest BCUT2D eigenvalue weighted by molar-refractivity contribution is 5.97. The minimum atomic E-state index is -0.205. The van der Waals surface area contributed by atoms with Crippen LogP contribution in [0.3, 0.4) is 0 Å². The van der Waals surface area contributed by atoms with Crippen molar-refractivity contribution in [1.29, 1.82) is 0 Å². The summed E-state index contributed by atoms with van der Waals surface area (Å²) >= 11 is 0. The molecule has 2 aromatic carbocycles. The van der Waals surface area contributed by atoms with Gasteiger partial charge in [-0.3, -0.25) is 4.79 Å². The van der Waals surface area contributed by atoms with Crippen LogP contribution in [-0.2, 0) is 10.2 Å². The second-order valence-corrected chi connectivity index (χ2v) is 7.61. The van der Waals surface area contributed by atoms with E-state index in [2.05, 4.69) is 34.8 Å². The van der Waals surface area contributed by atoms with Crippen molar-refractivity contribution in [3.8, 4) is 5.75 Å². The third-order valence-electron chi connectivity index (χ3n) is 6.82. The number of ether oxygens (including phenoxy) is 1. The number of amides is 1. The lowest BCUT2D eigenvalue weighted by Gasteiger charge is -2.27. The molecule has 3 fully saturated rings. The Balaban J connectivity index is 1.32. The Morgan fingerprint density at radius 2 is 1.81 bits per heavy atom. The molecular weight excluding hydrogens is 324 g/mol. The van der Waals surface area contributed by atoms with Gasteiger partial charge in [0.05, 0.1) is 18.7 Å². The standard InChI is InChI=1S/C22H22N2O2/c1-26-17-12-10-15(11-13-17)14-23-24-20(25)22-18-8-5-9-19(22)21(18,22)16-6-3-2-4-7-16/h2-4,6-7,10-14,18-19H,5,8-9H2,1H3,(H,24,25)/b23-14-. The van der Waals surface area contributed by atoms with E-state index in [1.807, 2.05) is 30.3 Å². The number of carbonyl (C=O) groups excluding carboxylic acids is 1. The van der Waals surface area contributed by atoms with Gasteiger partial charge in [-0.1, -0.05) is 36.8 Å². The number of nitrogens with zero attached hydrogens (tertiary/aromatic N) is 1. The minimum Gasteiger partial charge on any atom is -0.497 e. The van der Waals surface area contributed by atoms with Crippen LogP contribution in [0.2, 0.25) is 0 Å². The summed E-state index contributed by atoms with van der Waals surface area (Å²) in [6.45, 7) is 0. The fraction of sp³-hybridized carbons (Fsp3) is 0.364. The lowest BCUT2D eigenvalue weighted by Crippen LogP contribution is -2.31. The topological polar surface area (TPSA) is 50.7 Å².